The molecule has 0 aliphatic carbocycles. The zero-order chi connectivity index (χ0) is 9.56. The second-order valence-electron chi connectivity index (χ2n) is 3.24. The maximum absolute atomic E-state index is 11.4. The summed E-state index contributed by atoms with van der Waals surface area (Å²) in [6.07, 6.45) is 1.89. The van der Waals surface area contributed by atoms with Crippen LogP contribution >= 0.6 is 0 Å². The van der Waals surface area contributed by atoms with Crippen molar-refractivity contribution in [3.8, 4) is 0 Å². The molecular formula is C9H18GaNO. The fraction of sp³-hybridized carbons (Fsp3) is 0.889. The molecule has 0 aromatic rings. The number of Topliss-reactive ketones (excluding diaryl/α,β-unsaturated/α-hetero) is 1. The summed E-state index contributed by atoms with van der Waals surface area (Å²) < 4.78 is 0.607. The maximum atomic E-state index is 11.4. The zero-order valence-corrected chi connectivity index (χ0v) is 10.8. The predicted octanol–water partition coefficient (Wildman–Crippen LogP) is 1.26. The van der Waals surface area contributed by atoms with Crippen molar-refractivity contribution in [3.63, 3.8) is 0 Å². The number of ketones is 1. The van der Waals surface area contributed by atoms with E-state index in [4.69, 9.17) is 0 Å². The Kier molecular flexibility index (Phi) is 6.90. The minimum atomic E-state index is 0.385. The molecular weight excluding hydrogens is 208 g/mol. The molecule has 1 atom stereocenters. The summed E-state index contributed by atoms with van der Waals surface area (Å²) in [7, 11) is 1.99. The summed E-state index contributed by atoms with van der Waals surface area (Å²) in [6, 6.07) is 0. The van der Waals surface area contributed by atoms with Crippen molar-refractivity contribution in [3.05, 3.63) is 0 Å². The number of rotatable bonds is 6. The Balaban J connectivity index is 3.59. The summed E-state index contributed by atoms with van der Waals surface area (Å²) in [5, 5.41) is 0. The molecule has 0 saturated carbocycles. The number of carbonyl (C=O) groups excluding carboxylic acids is 1. The van der Waals surface area contributed by atoms with Crippen molar-refractivity contribution in [2.45, 2.75) is 31.2 Å². The van der Waals surface area contributed by atoms with Gasteiger partial charge >= 0.3 is 85.4 Å². The molecule has 0 aromatic carbocycles. The van der Waals surface area contributed by atoms with Gasteiger partial charge in [0.05, 0.1) is 0 Å². The normalized spacial score (nSPS) is 13.3. The summed E-state index contributed by atoms with van der Waals surface area (Å²) in [6.45, 7) is 5.79. The van der Waals surface area contributed by atoms with Gasteiger partial charge in [0.1, 0.15) is 0 Å². The minimum absolute atomic E-state index is 0.385. The molecule has 0 saturated heterocycles. The van der Waals surface area contributed by atoms with Gasteiger partial charge in [-0.1, -0.05) is 0 Å². The molecule has 12 heavy (non-hydrogen) atoms. The van der Waals surface area contributed by atoms with Crippen molar-refractivity contribution < 1.29 is 4.79 Å². The Morgan fingerprint density at radius 2 is 2.08 bits per heavy atom. The standard InChI is InChI=1S/C9H18NO.Ga/c1-4-6-7-9(11)8-10(3)5-2;/h6H,4-5,7-8H2,1-3H3;. The molecule has 0 spiro atoms. The molecule has 2 nitrogen and oxygen atoms in total. The molecule has 0 aliphatic rings. The van der Waals surface area contributed by atoms with Crippen molar-refractivity contribution in [1.29, 1.82) is 0 Å². The van der Waals surface area contributed by atoms with E-state index >= 15 is 0 Å². The Morgan fingerprint density at radius 1 is 1.50 bits per heavy atom. The van der Waals surface area contributed by atoms with Gasteiger partial charge < -0.3 is 0 Å². The second-order valence-corrected chi connectivity index (χ2v) is 5.22. The average molecular weight is 226 g/mol. The van der Waals surface area contributed by atoms with Crippen LogP contribution in [-0.4, -0.2) is 49.4 Å². The first-order valence-corrected chi connectivity index (χ1v) is 5.95. The van der Waals surface area contributed by atoms with Gasteiger partial charge in [-0.15, -0.1) is 0 Å². The molecule has 0 fully saturated rings. The first-order valence-electron chi connectivity index (χ1n) is 4.55. The van der Waals surface area contributed by atoms with Crippen molar-refractivity contribution in [2.75, 3.05) is 20.1 Å². The molecule has 3 heteroatoms. The van der Waals surface area contributed by atoms with Gasteiger partial charge in [-0.2, -0.15) is 0 Å². The number of nitrogens with zero attached hydrogens (tertiary/aromatic N) is 1. The molecule has 2 radical (unpaired) electrons. The third kappa shape index (κ3) is 5.86. The van der Waals surface area contributed by atoms with Gasteiger partial charge in [-0.25, -0.2) is 0 Å². The van der Waals surface area contributed by atoms with E-state index in [2.05, 4.69) is 18.7 Å². The fourth-order valence-corrected chi connectivity index (χ4v) is 1.47. The van der Waals surface area contributed by atoms with Gasteiger partial charge in [-0.3, -0.25) is 0 Å². The van der Waals surface area contributed by atoms with Gasteiger partial charge in [0.15, 0.2) is 0 Å². The van der Waals surface area contributed by atoms with Gasteiger partial charge in [0.2, 0.25) is 0 Å². The van der Waals surface area contributed by atoms with E-state index in [1.54, 1.807) is 18.6 Å². The second kappa shape index (κ2) is 6.75. The van der Waals surface area contributed by atoms with Crippen molar-refractivity contribution in [1.82, 2.24) is 4.90 Å². The number of hydrogen-bond acceptors (Lipinski definition) is 2. The van der Waals surface area contributed by atoms with Crippen LogP contribution in [-0.2, 0) is 4.79 Å². The third-order valence-corrected chi connectivity index (χ3v) is 3.48. The molecule has 68 valence electrons. The van der Waals surface area contributed by atoms with E-state index < -0.39 is 0 Å². The topological polar surface area (TPSA) is 20.3 Å². The first kappa shape index (κ1) is 12.3. The van der Waals surface area contributed by atoms with Crippen LogP contribution in [0, 0.1) is 0 Å². The Hall–Kier alpha value is 0.266. The van der Waals surface area contributed by atoms with Gasteiger partial charge in [-0.05, 0) is 0 Å². The summed E-state index contributed by atoms with van der Waals surface area (Å²) in [5.74, 6) is 0.385. The molecule has 0 bridgehead atoms. The van der Waals surface area contributed by atoms with E-state index in [0.717, 1.165) is 19.4 Å². The van der Waals surface area contributed by atoms with Crippen molar-refractivity contribution >= 4 is 24.4 Å². The third-order valence-electron chi connectivity index (χ3n) is 2.00. The predicted molar refractivity (Wildman–Crippen MR) is 52.6 cm³/mol. The average Bonchev–Trinajstić information content (AvgIpc) is 2.03. The number of carbonyl (C=O) groups is 1. The van der Waals surface area contributed by atoms with E-state index in [0.29, 0.717) is 16.8 Å². The van der Waals surface area contributed by atoms with Crippen LogP contribution in [0.25, 0.3) is 0 Å². The Bertz CT molecular complexity index is 124. The van der Waals surface area contributed by atoms with E-state index in [1.807, 2.05) is 7.05 Å². The SMILES string of the molecule is CC[C@@H]([Ga])CC(=O)CN(C)CC. The molecule has 0 aromatic heterocycles. The van der Waals surface area contributed by atoms with Crippen LogP contribution in [0.5, 0.6) is 0 Å². The van der Waals surface area contributed by atoms with Crippen LogP contribution < -0.4 is 0 Å². The van der Waals surface area contributed by atoms with Gasteiger partial charge in [0.25, 0.3) is 0 Å². The Morgan fingerprint density at radius 3 is 2.50 bits per heavy atom. The number of likely N-dealkylation sites (N-methyl/N-ethyl adjacent to an activating group) is 1. The van der Waals surface area contributed by atoms with Crippen LogP contribution in [0.3, 0.4) is 0 Å². The summed E-state index contributed by atoms with van der Waals surface area (Å²) >= 11 is 1.69. The van der Waals surface area contributed by atoms with Crippen LogP contribution in [0.4, 0.5) is 0 Å². The monoisotopic (exact) mass is 225 g/mol. The Labute approximate surface area is 85.6 Å². The van der Waals surface area contributed by atoms with Crippen LogP contribution in [0.15, 0.2) is 0 Å². The van der Waals surface area contributed by atoms with E-state index in [9.17, 15) is 4.79 Å². The number of hydrogen-bond donors (Lipinski definition) is 0. The van der Waals surface area contributed by atoms with Crippen LogP contribution in [0.2, 0.25) is 4.47 Å². The molecule has 0 amide bonds. The van der Waals surface area contributed by atoms with Crippen molar-refractivity contribution in [2.24, 2.45) is 0 Å². The molecule has 0 rings (SSSR count). The van der Waals surface area contributed by atoms with E-state index in [-0.39, 0.29) is 0 Å². The quantitative estimate of drug-likeness (QED) is 0.635. The molecule has 0 unspecified atom stereocenters. The first-order chi connectivity index (χ1) is 5.60. The van der Waals surface area contributed by atoms with Crippen LogP contribution in [0.1, 0.15) is 26.7 Å². The molecule has 0 N–H and O–H groups in total. The summed E-state index contributed by atoms with van der Waals surface area (Å²) in [5.41, 5.74) is 0. The summed E-state index contributed by atoms with van der Waals surface area (Å²) in [4.78, 5) is 13.4. The zero-order valence-electron chi connectivity index (χ0n) is 8.34. The molecule has 0 heterocycles. The van der Waals surface area contributed by atoms with E-state index in [1.165, 1.54) is 0 Å². The van der Waals surface area contributed by atoms with Gasteiger partial charge in [0, 0.05) is 0 Å². The fourth-order valence-electron chi connectivity index (χ4n) is 0.914. The molecule has 0 aliphatic heterocycles.